The molecule has 1 saturated heterocycles. The zero-order chi connectivity index (χ0) is 15.7. The summed E-state index contributed by atoms with van der Waals surface area (Å²) in [5.41, 5.74) is 2.17. The Morgan fingerprint density at radius 1 is 1.27 bits per heavy atom. The molecular formula is C16H17N3O3. The number of nitrogens with zero attached hydrogens (tertiary/aromatic N) is 3. The zero-order valence-electron chi connectivity index (χ0n) is 12.3. The van der Waals surface area contributed by atoms with Crippen LogP contribution in [-0.4, -0.2) is 44.8 Å². The van der Waals surface area contributed by atoms with Crippen LogP contribution in [0, 0.1) is 12.8 Å². The highest BCUT2D eigenvalue weighted by Gasteiger charge is 2.32. The van der Waals surface area contributed by atoms with Crippen molar-refractivity contribution in [1.82, 2.24) is 14.7 Å². The van der Waals surface area contributed by atoms with Crippen LogP contribution in [0.15, 0.2) is 36.5 Å². The Morgan fingerprint density at radius 3 is 2.64 bits per heavy atom. The van der Waals surface area contributed by atoms with Crippen molar-refractivity contribution in [3.05, 3.63) is 47.8 Å². The molecule has 0 spiro atoms. The highest BCUT2D eigenvalue weighted by Crippen LogP contribution is 2.21. The molecule has 6 nitrogen and oxygen atoms in total. The summed E-state index contributed by atoms with van der Waals surface area (Å²) in [7, 11) is 0. The van der Waals surface area contributed by atoms with Crippen LogP contribution in [0.25, 0.3) is 5.69 Å². The molecule has 0 unspecified atom stereocenters. The second kappa shape index (κ2) is 5.63. The third-order valence-electron chi connectivity index (χ3n) is 4.07. The van der Waals surface area contributed by atoms with Gasteiger partial charge < -0.3 is 10.0 Å². The summed E-state index contributed by atoms with van der Waals surface area (Å²) in [6.45, 7) is 2.59. The predicted molar refractivity (Wildman–Crippen MR) is 79.9 cm³/mol. The van der Waals surface area contributed by atoms with E-state index in [-0.39, 0.29) is 12.5 Å². The van der Waals surface area contributed by atoms with E-state index in [0.29, 0.717) is 18.5 Å². The summed E-state index contributed by atoms with van der Waals surface area (Å²) in [6.07, 6.45) is 2.06. The number of likely N-dealkylation sites (tertiary alicyclic amines) is 1. The van der Waals surface area contributed by atoms with Crippen LogP contribution < -0.4 is 0 Å². The molecule has 114 valence electrons. The van der Waals surface area contributed by atoms with Crippen molar-refractivity contribution in [3.63, 3.8) is 0 Å². The van der Waals surface area contributed by atoms with Crippen LogP contribution in [0.2, 0.25) is 0 Å². The number of amides is 1. The molecule has 0 bridgehead atoms. The topological polar surface area (TPSA) is 75.4 Å². The first-order valence-corrected chi connectivity index (χ1v) is 7.20. The van der Waals surface area contributed by atoms with E-state index in [1.54, 1.807) is 15.8 Å². The molecule has 1 atom stereocenters. The number of aliphatic carboxylic acids is 1. The third kappa shape index (κ3) is 2.47. The van der Waals surface area contributed by atoms with Gasteiger partial charge in [-0.1, -0.05) is 18.2 Å². The first-order valence-electron chi connectivity index (χ1n) is 7.20. The molecule has 0 radical (unpaired) electrons. The smallest absolute Gasteiger partial charge is 0.308 e. The summed E-state index contributed by atoms with van der Waals surface area (Å²) in [4.78, 5) is 25.2. The molecule has 22 heavy (non-hydrogen) atoms. The molecule has 1 amide bonds. The molecule has 1 fully saturated rings. The lowest BCUT2D eigenvalue weighted by Gasteiger charge is -2.15. The van der Waals surface area contributed by atoms with Crippen molar-refractivity contribution in [3.8, 4) is 5.69 Å². The van der Waals surface area contributed by atoms with E-state index in [0.717, 1.165) is 11.4 Å². The largest absolute Gasteiger partial charge is 0.481 e. The summed E-state index contributed by atoms with van der Waals surface area (Å²) >= 11 is 0. The van der Waals surface area contributed by atoms with Gasteiger partial charge in [-0.25, -0.2) is 4.68 Å². The number of carboxylic acid groups (broad SMARTS) is 1. The number of aromatic nitrogens is 2. The Labute approximate surface area is 128 Å². The number of carbonyl (C=O) groups excluding carboxylic acids is 1. The maximum atomic E-state index is 12.6. The molecule has 2 heterocycles. The number of benzene rings is 1. The van der Waals surface area contributed by atoms with Gasteiger partial charge in [0.05, 0.1) is 29.1 Å². The van der Waals surface area contributed by atoms with Gasteiger partial charge in [-0.3, -0.25) is 9.59 Å². The molecule has 1 aromatic heterocycles. The fraction of sp³-hybridized carbons (Fsp3) is 0.312. The van der Waals surface area contributed by atoms with E-state index in [1.807, 2.05) is 37.3 Å². The number of hydrogen-bond acceptors (Lipinski definition) is 3. The average molecular weight is 299 g/mol. The molecule has 3 rings (SSSR count). The second-order valence-corrected chi connectivity index (χ2v) is 5.47. The maximum Gasteiger partial charge on any atom is 0.308 e. The molecule has 2 aromatic rings. The number of para-hydroxylation sites is 1. The van der Waals surface area contributed by atoms with E-state index < -0.39 is 11.9 Å². The molecule has 0 aliphatic carbocycles. The second-order valence-electron chi connectivity index (χ2n) is 5.47. The van der Waals surface area contributed by atoms with Crippen molar-refractivity contribution >= 4 is 11.9 Å². The first kappa shape index (κ1) is 14.3. The number of carboxylic acids is 1. The third-order valence-corrected chi connectivity index (χ3v) is 4.07. The Morgan fingerprint density at radius 2 is 2.00 bits per heavy atom. The van der Waals surface area contributed by atoms with Gasteiger partial charge in [0.15, 0.2) is 0 Å². The molecule has 1 aliphatic heterocycles. The number of carbonyl (C=O) groups is 2. The Bertz CT molecular complexity index is 709. The van der Waals surface area contributed by atoms with Crippen LogP contribution in [-0.2, 0) is 4.79 Å². The Hall–Kier alpha value is -2.63. The average Bonchev–Trinajstić information content (AvgIpc) is 3.14. The lowest BCUT2D eigenvalue weighted by molar-refractivity contribution is -0.141. The van der Waals surface area contributed by atoms with Crippen molar-refractivity contribution < 1.29 is 14.7 Å². The summed E-state index contributed by atoms with van der Waals surface area (Å²) in [6, 6.07) is 9.59. The van der Waals surface area contributed by atoms with Crippen LogP contribution in [0.1, 0.15) is 22.5 Å². The van der Waals surface area contributed by atoms with Crippen LogP contribution in [0.4, 0.5) is 0 Å². The normalized spacial score (nSPS) is 17.7. The van der Waals surface area contributed by atoms with Crippen LogP contribution in [0.5, 0.6) is 0 Å². The summed E-state index contributed by atoms with van der Waals surface area (Å²) in [5, 5.41) is 13.3. The highest BCUT2D eigenvalue weighted by molar-refractivity contribution is 5.95. The summed E-state index contributed by atoms with van der Waals surface area (Å²) < 4.78 is 1.72. The Balaban J connectivity index is 1.83. The van der Waals surface area contributed by atoms with Crippen LogP contribution >= 0.6 is 0 Å². The van der Waals surface area contributed by atoms with E-state index in [9.17, 15) is 9.59 Å². The zero-order valence-corrected chi connectivity index (χ0v) is 12.3. The first-order chi connectivity index (χ1) is 10.6. The molecule has 0 saturated carbocycles. The van der Waals surface area contributed by atoms with E-state index in [1.165, 1.54) is 0 Å². The quantitative estimate of drug-likeness (QED) is 0.936. The van der Waals surface area contributed by atoms with Gasteiger partial charge in [-0.05, 0) is 25.5 Å². The SMILES string of the molecule is Cc1c(C(=O)N2CC[C@H](C(=O)O)C2)cnn1-c1ccccc1. The van der Waals surface area contributed by atoms with Gasteiger partial charge in [0, 0.05) is 13.1 Å². The fourth-order valence-electron chi connectivity index (χ4n) is 2.77. The molecule has 6 heteroatoms. The molecule has 1 aromatic carbocycles. The van der Waals surface area contributed by atoms with Gasteiger partial charge in [0.1, 0.15) is 0 Å². The predicted octanol–water partition coefficient (Wildman–Crippen LogP) is 1.73. The number of rotatable bonds is 3. The van der Waals surface area contributed by atoms with Crippen molar-refractivity contribution in [1.29, 1.82) is 0 Å². The van der Waals surface area contributed by atoms with Gasteiger partial charge in [-0.15, -0.1) is 0 Å². The van der Waals surface area contributed by atoms with Gasteiger partial charge in [0.25, 0.3) is 5.91 Å². The lowest BCUT2D eigenvalue weighted by Crippen LogP contribution is -2.30. The van der Waals surface area contributed by atoms with Gasteiger partial charge in [-0.2, -0.15) is 5.10 Å². The summed E-state index contributed by atoms with van der Waals surface area (Å²) in [5.74, 6) is -1.45. The minimum absolute atomic E-state index is 0.150. The monoisotopic (exact) mass is 299 g/mol. The van der Waals surface area contributed by atoms with Crippen molar-refractivity contribution in [2.75, 3.05) is 13.1 Å². The van der Waals surface area contributed by atoms with Gasteiger partial charge in [0.2, 0.25) is 0 Å². The maximum absolute atomic E-state index is 12.6. The van der Waals surface area contributed by atoms with Crippen molar-refractivity contribution in [2.24, 2.45) is 5.92 Å². The molecular weight excluding hydrogens is 282 g/mol. The highest BCUT2D eigenvalue weighted by atomic mass is 16.4. The van der Waals surface area contributed by atoms with E-state index in [4.69, 9.17) is 5.11 Å². The van der Waals surface area contributed by atoms with Crippen molar-refractivity contribution in [2.45, 2.75) is 13.3 Å². The minimum Gasteiger partial charge on any atom is -0.481 e. The van der Waals surface area contributed by atoms with E-state index >= 15 is 0 Å². The minimum atomic E-state index is -0.841. The van der Waals surface area contributed by atoms with Crippen LogP contribution in [0.3, 0.4) is 0 Å². The Kier molecular flexibility index (Phi) is 3.66. The molecule has 1 N–H and O–H groups in total. The standard InChI is InChI=1S/C16H17N3O3/c1-11-14(9-17-19(11)13-5-3-2-4-6-13)15(20)18-8-7-12(10-18)16(21)22/h2-6,9,12H,7-8,10H2,1H3,(H,21,22)/t12-/m0/s1. The van der Waals surface area contributed by atoms with E-state index in [2.05, 4.69) is 5.10 Å². The fourth-order valence-corrected chi connectivity index (χ4v) is 2.77. The van der Waals surface area contributed by atoms with Gasteiger partial charge >= 0.3 is 5.97 Å². The number of hydrogen-bond donors (Lipinski definition) is 1. The lowest BCUT2D eigenvalue weighted by atomic mass is 10.1. The molecule has 1 aliphatic rings.